The summed E-state index contributed by atoms with van der Waals surface area (Å²) in [5.74, 6) is 0.286. The highest BCUT2D eigenvalue weighted by atomic mass is 16.2. The number of aromatic nitrogens is 1. The van der Waals surface area contributed by atoms with Crippen molar-refractivity contribution < 1.29 is 9.59 Å². The van der Waals surface area contributed by atoms with Crippen molar-refractivity contribution in [2.45, 2.75) is 19.8 Å². The summed E-state index contributed by atoms with van der Waals surface area (Å²) in [5, 5.41) is 6.18. The Balaban J connectivity index is 1.46. The van der Waals surface area contributed by atoms with Gasteiger partial charge in [0.15, 0.2) is 0 Å². The van der Waals surface area contributed by atoms with Crippen molar-refractivity contribution in [2.24, 2.45) is 0 Å². The third-order valence-electron chi connectivity index (χ3n) is 5.71. The molecule has 1 aliphatic heterocycles. The second kappa shape index (κ2) is 9.75. The van der Waals surface area contributed by atoms with Gasteiger partial charge in [-0.2, -0.15) is 0 Å². The van der Waals surface area contributed by atoms with E-state index in [0.29, 0.717) is 17.0 Å². The molecule has 1 saturated heterocycles. The number of hydrogen-bond acceptors (Lipinski definition) is 4. The van der Waals surface area contributed by atoms with Crippen LogP contribution in [0.2, 0.25) is 0 Å². The minimum Gasteiger partial charge on any atom is -0.336 e. The first kappa shape index (κ1) is 21.7. The zero-order valence-electron chi connectivity index (χ0n) is 18.5. The molecule has 164 valence electrons. The molecular weight excluding hydrogens is 400 g/mol. The van der Waals surface area contributed by atoms with Crippen LogP contribution in [0.25, 0.3) is 11.1 Å². The maximum atomic E-state index is 12.7. The number of nitrogens with zero attached hydrogens (tertiary/aromatic N) is 2. The second-order valence-electron chi connectivity index (χ2n) is 8.31. The third kappa shape index (κ3) is 5.03. The Morgan fingerprint density at radius 2 is 1.59 bits per heavy atom. The minimum absolute atomic E-state index is 0.0489. The quantitative estimate of drug-likeness (QED) is 0.640. The number of benzene rings is 2. The van der Waals surface area contributed by atoms with E-state index in [1.165, 1.54) is 5.56 Å². The van der Waals surface area contributed by atoms with Gasteiger partial charge in [-0.15, -0.1) is 0 Å². The van der Waals surface area contributed by atoms with E-state index in [-0.39, 0.29) is 11.8 Å². The average molecular weight is 429 g/mol. The van der Waals surface area contributed by atoms with Crippen LogP contribution in [0, 0.1) is 0 Å². The molecule has 0 unspecified atom stereocenters. The zero-order valence-corrected chi connectivity index (χ0v) is 18.5. The van der Waals surface area contributed by atoms with Crippen molar-refractivity contribution >= 4 is 17.5 Å². The van der Waals surface area contributed by atoms with E-state index in [0.717, 1.165) is 43.0 Å². The third-order valence-corrected chi connectivity index (χ3v) is 5.71. The first-order valence-electron chi connectivity index (χ1n) is 11.0. The Morgan fingerprint density at radius 3 is 2.25 bits per heavy atom. The van der Waals surface area contributed by atoms with Crippen molar-refractivity contribution in [2.75, 3.05) is 31.5 Å². The monoisotopic (exact) mass is 428 g/mol. The lowest BCUT2D eigenvalue weighted by atomic mass is 10.0. The van der Waals surface area contributed by atoms with E-state index in [1.54, 1.807) is 12.4 Å². The molecule has 2 heterocycles. The summed E-state index contributed by atoms with van der Waals surface area (Å²) in [6.07, 6.45) is 3.28. The van der Waals surface area contributed by atoms with Crippen molar-refractivity contribution in [1.29, 1.82) is 0 Å². The minimum atomic E-state index is -0.206. The predicted octanol–water partition coefficient (Wildman–Crippen LogP) is 4.17. The fraction of sp³-hybridized carbons (Fsp3) is 0.269. The highest BCUT2D eigenvalue weighted by molar-refractivity contribution is 6.04. The van der Waals surface area contributed by atoms with E-state index in [2.05, 4.69) is 29.5 Å². The number of carbonyl (C=O) groups is 2. The van der Waals surface area contributed by atoms with Crippen LogP contribution in [0.3, 0.4) is 0 Å². The maximum absolute atomic E-state index is 12.7. The molecule has 6 nitrogen and oxygen atoms in total. The topological polar surface area (TPSA) is 74.3 Å². The molecule has 4 rings (SSSR count). The Hall–Kier alpha value is -3.51. The fourth-order valence-corrected chi connectivity index (χ4v) is 3.73. The number of piperazine rings is 1. The lowest BCUT2D eigenvalue weighted by molar-refractivity contribution is 0.0735. The standard InChI is InChI=1S/C26H28N4O2/c1-18(2)19-7-9-24(10-8-19)29-25(31)23-15-22(16-28-17-23)20-3-5-21(6-4-20)26(32)30-13-11-27-12-14-30/h3-10,15-18,27H,11-14H2,1-2H3,(H,29,31). The summed E-state index contributed by atoms with van der Waals surface area (Å²) in [7, 11) is 0. The molecule has 3 aromatic rings. The molecule has 0 atom stereocenters. The van der Waals surface area contributed by atoms with Crippen LogP contribution < -0.4 is 10.6 Å². The summed E-state index contributed by atoms with van der Waals surface area (Å²) in [6.45, 7) is 7.37. The summed E-state index contributed by atoms with van der Waals surface area (Å²) in [5.41, 5.74) is 4.86. The number of anilines is 1. The van der Waals surface area contributed by atoms with Gasteiger partial charge in [0, 0.05) is 55.4 Å². The molecule has 0 bridgehead atoms. The van der Waals surface area contributed by atoms with Crippen molar-refractivity contribution in [3.63, 3.8) is 0 Å². The van der Waals surface area contributed by atoms with Crippen LogP contribution in [-0.2, 0) is 0 Å². The molecule has 0 radical (unpaired) electrons. The van der Waals surface area contributed by atoms with Gasteiger partial charge in [0.25, 0.3) is 11.8 Å². The van der Waals surface area contributed by atoms with Gasteiger partial charge in [-0.1, -0.05) is 38.1 Å². The van der Waals surface area contributed by atoms with Crippen LogP contribution in [-0.4, -0.2) is 47.9 Å². The van der Waals surface area contributed by atoms with Gasteiger partial charge in [-0.25, -0.2) is 0 Å². The SMILES string of the molecule is CC(C)c1ccc(NC(=O)c2cncc(-c3ccc(C(=O)N4CCNCC4)cc3)c2)cc1. The van der Waals surface area contributed by atoms with Gasteiger partial charge in [-0.3, -0.25) is 14.6 Å². The summed E-state index contributed by atoms with van der Waals surface area (Å²) < 4.78 is 0. The van der Waals surface area contributed by atoms with Crippen molar-refractivity contribution in [3.8, 4) is 11.1 Å². The number of pyridine rings is 1. The molecule has 6 heteroatoms. The van der Waals surface area contributed by atoms with Crippen LogP contribution >= 0.6 is 0 Å². The molecule has 1 aliphatic rings. The molecule has 2 N–H and O–H groups in total. The maximum Gasteiger partial charge on any atom is 0.257 e. The van der Waals surface area contributed by atoms with E-state index in [1.807, 2.05) is 59.5 Å². The normalized spacial score (nSPS) is 13.8. The molecule has 2 aromatic carbocycles. The van der Waals surface area contributed by atoms with Crippen molar-refractivity contribution in [3.05, 3.63) is 83.7 Å². The zero-order chi connectivity index (χ0) is 22.5. The van der Waals surface area contributed by atoms with Gasteiger partial charge in [0.1, 0.15) is 0 Å². The molecule has 2 amide bonds. The van der Waals surface area contributed by atoms with E-state index in [9.17, 15) is 9.59 Å². The Bertz CT molecular complexity index is 1090. The summed E-state index contributed by atoms with van der Waals surface area (Å²) >= 11 is 0. The second-order valence-corrected chi connectivity index (χ2v) is 8.31. The fourth-order valence-electron chi connectivity index (χ4n) is 3.73. The molecule has 0 spiro atoms. The summed E-state index contributed by atoms with van der Waals surface area (Å²) in [6, 6.07) is 17.2. The van der Waals surface area contributed by atoms with Crippen LogP contribution in [0.15, 0.2) is 67.0 Å². The molecular formula is C26H28N4O2. The number of hydrogen-bond donors (Lipinski definition) is 2. The van der Waals surface area contributed by atoms with E-state index in [4.69, 9.17) is 0 Å². The highest BCUT2D eigenvalue weighted by Gasteiger charge is 2.18. The molecule has 1 aromatic heterocycles. The Kier molecular flexibility index (Phi) is 6.61. The molecule has 0 saturated carbocycles. The van der Waals surface area contributed by atoms with Gasteiger partial charge in [0.2, 0.25) is 0 Å². The predicted molar refractivity (Wildman–Crippen MR) is 127 cm³/mol. The number of rotatable bonds is 5. The lowest BCUT2D eigenvalue weighted by Gasteiger charge is -2.27. The van der Waals surface area contributed by atoms with Crippen LogP contribution in [0.5, 0.6) is 0 Å². The number of nitrogens with one attached hydrogen (secondary N) is 2. The van der Waals surface area contributed by atoms with Crippen LogP contribution in [0.4, 0.5) is 5.69 Å². The Labute approximate surface area is 188 Å². The van der Waals surface area contributed by atoms with Crippen molar-refractivity contribution in [1.82, 2.24) is 15.2 Å². The van der Waals surface area contributed by atoms with E-state index >= 15 is 0 Å². The smallest absolute Gasteiger partial charge is 0.257 e. The van der Waals surface area contributed by atoms with Gasteiger partial charge in [-0.05, 0) is 47.4 Å². The molecule has 1 fully saturated rings. The van der Waals surface area contributed by atoms with Gasteiger partial charge >= 0.3 is 0 Å². The lowest BCUT2D eigenvalue weighted by Crippen LogP contribution is -2.46. The number of carbonyl (C=O) groups excluding carboxylic acids is 2. The first-order valence-corrected chi connectivity index (χ1v) is 11.0. The molecule has 0 aliphatic carbocycles. The van der Waals surface area contributed by atoms with Crippen LogP contribution in [0.1, 0.15) is 46.0 Å². The average Bonchev–Trinajstić information content (AvgIpc) is 2.84. The largest absolute Gasteiger partial charge is 0.336 e. The highest BCUT2D eigenvalue weighted by Crippen LogP contribution is 2.22. The van der Waals surface area contributed by atoms with E-state index < -0.39 is 0 Å². The summed E-state index contributed by atoms with van der Waals surface area (Å²) in [4.78, 5) is 31.5. The van der Waals surface area contributed by atoms with Gasteiger partial charge in [0.05, 0.1) is 5.56 Å². The van der Waals surface area contributed by atoms with Gasteiger partial charge < -0.3 is 15.5 Å². The molecule has 32 heavy (non-hydrogen) atoms. The first-order chi connectivity index (χ1) is 15.5. The Morgan fingerprint density at radius 1 is 0.906 bits per heavy atom. The number of amides is 2.